The van der Waals surface area contributed by atoms with Crippen molar-refractivity contribution in [3.05, 3.63) is 42.4 Å². The van der Waals surface area contributed by atoms with Crippen LogP contribution in [0.25, 0.3) is 11.1 Å². The highest BCUT2D eigenvalue weighted by Gasteiger charge is 2.06. The molecule has 0 aliphatic carbocycles. The van der Waals surface area contributed by atoms with Gasteiger partial charge in [0.05, 0.1) is 19.6 Å². The van der Waals surface area contributed by atoms with Crippen LogP contribution in [0.2, 0.25) is 0 Å². The molecule has 0 spiro atoms. The summed E-state index contributed by atoms with van der Waals surface area (Å²) in [5.41, 5.74) is 3.33. The van der Waals surface area contributed by atoms with Crippen LogP contribution in [0.3, 0.4) is 0 Å². The van der Waals surface area contributed by atoms with Gasteiger partial charge in [-0.05, 0) is 25.1 Å². The van der Waals surface area contributed by atoms with E-state index in [4.69, 9.17) is 9.15 Å². The van der Waals surface area contributed by atoms with Gasteiger partial charge in [-0.2, -0.15) is 0 Å². The maximum atomic E-state index is 5.28. The quantitative estimate of drug-likeness (QED) is 0.721. The van der Waals surface area contributed by atoms with Crippen molar-refractivity contribution < 1.29 is 9.15 Å². The van der Waals surface area contributed by atoms with Gasteiger partial charge in [-0.15, -0.1) is 0 Å². The minimum absolute atomic E-state index is 0.872. The molecule has 0 amide bonds. The smallest absolute Gasteiger partial charge is 0.126 e. The van der Waals surface area contributed by atoms with Crippen molar-refractivity contribution in [1.82, 2.24) is 0 Å². The summed E-state index contributed by atoms with van der Waals surface area (Å²) in [5, 5.41) is 0. The van der Waals surface area contributed by atoms with E-state index in [1.807, 2.05) is 18.2 Å². The van der Waals surface area contributed by atoms with E-state index in [9.17, 15) is 0 Å². The molecule has 0 unspecified atom stereocenters. The Morgan fingerprint density at radius 1 is 1.21 bits per heavy atom. The maximum Gasteiger partial charge on any atom is 0.126 e. The van der Waals surface area contributed by atoms with Gasteiger partial charge in [-0.3, -0.25) is 0 Å². The van der Waals surface area contributed by atoms with Crippen molar-refractivity contribution in [1.29, 1.82) is 0 Å². The zero-order valence-electron chi connectivity index (χ0n) is 8.28. The van der Waals surface area contributed by atoms with Crippen molar-refractivity contribution in [2.75, 3.05) is 7.11 Å². The molecule has 0 atom stereocenters. The fourth-order valence-corrected chi connectivity index (χ4v) is 1.47. The molecule has 0 radical (unpaired) electrons. The van der Waals surface area contributed by atoms with Crippen LogP contribution >= 0.6 is 0 Å². The Labute approximate surface area is 83.1 Å². The summed E-state index contributed by atoms with van der Waals surface area (Å²) in [5.74, 6) is 0.872. The van der Waals surface area contributed by atoms with Gasteiger partial charge in [-0.1, -0.05) is 11.6 Å². The Morgan fingerprint density at radius 2 is 2.07 bits per heavy atom. The summed E-state index contributed by atoms with van der Waals surface area (Å²) in [7, 11) is 1.67. The molecule has 0 fully saturated rings. The standard InChI is InChI=1S/C12H12O2/c1-9-3-4-12(13-2)11(7-9)10-5-6-14-8-10/h3-8H,1-2H3. The fraction of sp³-hybridized carbons (Fsp3) is 0.167. The summed E-state index contributed by atoms with van der Waals surface area (Å²) >= 11 is 0. The van der Waals surface area contributed by atoms with Crippen molar-refractivity contribution >= 4 is 0 Å². The number of hydrogen-bond donors (Lipinski definition) is 0. The zero-order valence-corrected chi connectivity index (χ0v) is 8.28. The van der Waals surface area contributed by atoms with Crippen molar-refractivity contribution in [2.24, 2.45) is 0 Å². The van der Waals surface area contributed by atoms with Crippen LogP contribution in [0.1, 0.15) is 5.56 Å². The van der Waals surface area contributed by atoms with Gasteiger partial charge in [-0.25, -0.2) is 0 Å². The molecule has 0 N–H and O–H groups in total. The van der Waals surface area contributed by atoms with Gasteiger partial charge in [0.2, 0.25) is 0 Å². The number of benzene rings is 1. The fourth-order valence-electron chi connectivity index (χ4n) is 1.47. The lowest BCUT2D eigenvalue weighted by atomic mass is 10.1. The van der Waals surface area contributed by atoms with E-state index in [-0.39, 0.29) is 0 Å². The number of ether oxygens (including phenoxy) is 1. The van der Waals surface area contributed by atoms with Gasteiger partial charge in [0.1, 0.15) is 5.75 Å². The van der Waals surface area contributed by atoms with Gasteiger partial charge in [0.15, 0.2) is 0 Å². The second-order valence-corrected chi connectivity index (χ2v) is 3.22. The molecule has 72 valence electrons. The third kappa shape index (κ3) is 1.51. The Morgan fingerprint density at radius 3 is 2.71 bits per heavy atom. The number of rotatable bonds is 2. The van der Waals surface area contributed by atoms with Crippen LogP contribution in [-0.4, -0.2) is 7.11 Å². The van der Waals surface area contributed by atoms with Crippen LogP contribution in [-0.2, 0) is 0 Å². The molecule has 1 heterocycles. The third-order valence-electron chi connectivity index (χ3n) is 2.19. The monoisotopic (exact) mass is 188 g/mol. The van der Waals surface area contributed by atoms with Crippen molar-refractivity contribution in [2.45, 2.75) is 6.92 Å². The summed E-state index contributed by atoms with van der Waals surface area (Å²) in [6.45, 7) is 2.06. The molecule has 2 rings (SSSR count). The minimum Gasteiger partial charge on any atom is -0.496 e. The topological polar surface area (TPSA) is 22.4 Å². The van der Waals surface area contributed by atoms with Gasteiger partial charge in [0.25, 0.3) is 0 Å². The summed E-state index contributed by atoms with van der Waals surface area (Å²) in [6, 6.07) is 8.01. The lowest BCUT2D eigenvalue weighted by Gasteiger charge is -2.07. The Balaban J connectivity index is 2.55. The molecule has 0 bridgehead atoms. The van der Waals surface area contributed by atoms with Crippen molar-refractivity contribution in [3.63, 3.8) is 0 Å². The first-order chi connectivity index (χ1) is 6.81. The highest BCUT2D eigenvalue weighted by atomic mass is 16.5. The Bertz CT molecular complexity index is 416. The first-order valence-electron chi connectivity index (χ1n) is 4.48. The molecule has 2 heteroatoms. The lowest BCUT2D eigenvalue weighted by Crippen LogP contribution is -1.87. The van der Waals surface area contributed by atoms with Crippen LogP contribution in [0.4, 0.5) is 0 Å². The molecule has 0 saturated heterocycles. The number of furan rings is 1. The second-order valence-electron chi connectivity index (χ2n) is 3.22. The van der Waals surface area contributed by atoms with Crippen LogP contribution in [0, 0.1) is 6.92 Å². The van der Waals surface area contributed by atoms with E-state index in [2.05, 4.69) is 13.0 Å². The van der Waals surface area contributed by atoms with Gasteiger partial charge in [0, 0.05) is 11.1 Å². The predicted octanol–water partition coefficient (Wildman–Crippen LogP) is 3.26. The van der Waals surface area contributed by atoms with E-state index in [1.165, 1.54) is 5.56 Å². The molecular formula is C12H12O2. The number of methoxy groups -OCH3 is 1. The Hall–Kier alpha value is -1.70. The molecule has 1 aromatic carbocycles. The average Bonchev–Trinajstić information content (AvgIpc) is 2.70. The first kappa shape index (κ1) is 8.88. The Kier molecular flexibility index (Phi) is 2.27. The molecule has 2 aromatic rings. The maximum absolute atomic E-state index is 5.28. The average molecular weight is 188 g/mol. The molecule has 0 saturated carbocycles. The van der Waals surface area contributed by atoms with Crippen LogP contribution in [0.15, 0.2) is 41.2 Å². The van der Waals surface area contributed by atoms with Crippen molar-refractivity contribution in [3.8, 4) is 16.9 Å². The second kappa shape index (κ2) is 3.58. The lowest BCUT2D eigenvalue weighted by molar-refractivity contribution is 0.416. The predicted molar refractivity (Wildman–Crippen MR) is 55.4 cm³/mol. The first-order valence-corrected chi connectivity index (χ1v) is 4.48. The normalized spacial score (nSPS) is 10.1. The molecule has 1 aromatic heterocycles. The van der Waals surface area contributed by atoms with Crippen LogP contribution < -0.4 is 4.74 Å². The van der Waals surface area contributed by atoms with E-state index in [0.717, 1.165) is 16.9 Å². The van der Waals surface area contributed by atoms with E-state index in [0.29, 0.717) is 0 Å². The van der Waals surface area contributed by atoms with E-state index < -0.39 is 0 Å². The molecule has 0 aliphatic rings. The van der Waals surface area contributed by atoms with Gasteiger partial charge >= 0.3 is 0 Å². The van der Waals surface area contributed by atoms with Gasteiger partial charge < -0.3 is 9.15 Å². The molecule has 0 aliphatic heterocycles. The van der Waals surface area contributed by atoms with E-state index >= 15 is 0 Å². The largest absolute Gasteiger partial charge is 0.496 e. The van der Waals surface area contributed by atoms with E-state index in [1.54, 1.807) is 19.6 Å². The third-order valence-corrected chi connectivity index (χ3v) is 2.19. The molecule has 2 nitrogen and oxygen atoms in total. The SMILES string of the molecule is COc1ccc(C)cc1-c1ccoc1. The summed E-state index contributed by atoms with van der Waals surface area (Å²) in [6.07, 6.45) is 3.38. The zero-order chi connectivity index (χ0) is 9.97. The number of aryl methyl sites for hydroxylation is 1. The highest BCUT2D eigenvalue weighted by molar-refractivity contribution is 5.70. The molecule has 14 heavy (non-hydrogen) atoms. The highest BCUT2D eigenvalue weighted by Crippen LogP contribution is 2.30. The summed E-state index contributed by atoms with van der Waals surface area (Å²) < 4.78 is 10.3. The number of hydrogen-bond acceptors (Lipinski definition) is 2. The summed E-state index contributed by atoms with van der Waals surface area (Å²) in [4.78, 5) is 0. The minimum atomic E-state index is 0.872. The van der Waals surface area contributed by atoms with Crippen LogP contribution in [0.5, 0.6) is 5.75 Å². The molecular weight excluding hydrogens is 176 g/mol.